The molecule has 1 unspecified atom stereocenters. The highest BCUT2D eigenvalue weighted by Gasteiger charge is 2.27. The second-order valence-electron chi connectivity index (χ2n) is 4.35. The standard InChI is InChI=1S/C14H15NO/c1-15-9-8-11-5-2-3-6-12(11)14(15)13-7-4-10-16-13/h2-7,10,14H,8-9H2,1H3. The van der Waals surface area contributed by atoms with Gasteiger partial charge in [-0.05, 0) is 36.7 Å². The fraction of sp³-hybridized carbons (Fsp3) is 0.286. The van der Waals surface area contributed by atoms with Crippen LogP contribution < -0.4 is 0 Å². The molecule has 0 amide bonds. The number of fused-ring (bicyclic) bond motifs is 1. The van der Waals surface area contributed by atoms with Crippen molar-refractivity contribution in [2.75, 3.05) is 13.6 Å². The summed E-state index contributed by atoms with van der Waals surface area (Å²) in [4.78, 5) is 2.35. The van der Waals surface area contributed by atoms with Gasteiger partial charge in [0, 0.05) is 6.54 Å². The van der Waals surface area contributed by atoms with Crippen molar-refractivity contribution < 1.29 is 4.42 Å². The first-order valence-corrected chi connectivity index (χ1v) is 5.68. The molecule has 0 saturated heterocycles. The summed E-state index contributed by atoms with van der Waals surface area (Å²) in [6, 6.07) is 12.9. The van der Waals surface area contributed by atoms with Crippen LogP contribution in [0.25, 0.3) is 0 Å². The Labute approximate surface area is 95.5 Å². The molecule has 0 bridgehead atoms. The Morgan fingerprint density at radius 3 is 2.88 bits per heavy atom. The average molecular weight is 213 g/mol. The number of likely N-dealkylation sites (N-methyl/N-ethyl adjacent to an activating group) is 1. The van der Waals surface area contributed by atoms with Crippen molar-refractivity contribution in [3.05, 3.63) is 59.5 Å². The summed E-state index contributed by atoms with van der Waals surface area (Å²) in [5.74, 6) is 1.04. The molecule has 0 saturated carbocycles. The van der Waals surface area contributed by atoms with Gasteiger partial charge in [-0.2, -0.15) is 0 Å². The summed E-state index contributed by atoms with van der Waals surface area (Å²) in [6.45, 7) is 1.09. The predicted molar refractivity (Wildman–Crippen MR) is 63.3 cm³/mol. The Morgan fingerprint density at radius 2 is 2.06 bits per heavy atom. The van der Waals surface area contributed by atoms with Gasteiger partial charge in [-0.15, -0.1) is 0 Å². The molecule has 1 aliphatic rings. The van der Waals surface area contributed by atoms with Gasteiger partial charge < -0.3 is 4.42 Å². The lowest BCUT2D eigenvalue weighted by Crippen LogP contribution is -2.32. The second-order valence-corrected chi connectivity index (χ2v) is 4.35. The molecule has 2 heteroatoms. The van der Waals surface area contributed by atoms with Crippen LogP contribution in [-0.4, -0.2) is 18.5 Å². The topological polar surface area (TPSA) is 16.4 Å². The largest absolute Gasteiger partial charge is 0.467 e. The smallest absolute Gasteiger partial charge is 0.125 e. The van der Waals surface area contributed by atoms with Gasteiger partial charge in [0.2, 0.25) is 0 Å². The molecular weight excluding hydrogens is 198 g/mol. The van der Waals surface area contributed by atoms with Crippen molar-refractivity contribution in [2.24, 2.45) is 0 Å². The number of furan rings is 1. The quantitative estimate of drug-likeness (QED) is 0.724. The Kier molecular flexibility index (Phi) is 2.29. The minimum Gasteiger partial charge on any atom is -0.467 e. The van der Waals surface area contributed by atoms with Crippen LogP contribution in [-0.2, 0) is 6.42 Å². The van der Waals surface area contributed by atoms with E-state index in [1.807, 2.05) is 6.07 Å². The molecule has 2 heterocycles. The third-order valence-electron chi connectivity index (χ3n) is 3.34. The summed E-state index contributed by atoms with van der Waals surface area (Å²) >= 11 is 0. The van der Waals surface area contributed by atoms with E-state index >= 15 is 0 Å². The van der Waals surface area contributed by atoms with Crippen molar-refractivity contribution in [3.63, 3.8) is 0 Å². The van der Waals surface area contributed by atoms with Crippen molar-refractivity contribution in [3.8, 4) is 0 Å². The van der Waals surface area contributed by atoms with E-state index in [1.54, 1.807) is 6.26 Å². The van der Waals surface area contributed by atoms with E-state index in [9.17, 15) is 0 Å². The fourth-order valence-electron chi connectivity index (χ4n) is 2.51. The van der Waals surface area contributed by atoms with Crippen LogP contribution in [0, 0.1) is 0 Å². The number of benzene rings is 1. The number of rotatable bonds is 1. The molecule has 1 aliphatic heterocycles. The highest BCUT2D eigenvalue weighted by molar-refractivity contribution is 5.36. The number of hydrogen-bond acceptors (Lipinski definition) is 2. The molecule has 1 aromatic carbocycles. The lowest BCUT2D eigenvalue weighted by Gasteiger charge is -2.33. The maximum absolute atomic E-state index is 5.56. The first-order valence-electron chi connectivity index (χ1n) is 5.68. The first kappa shape index (κ1) is 9.67. The van der Waals surface area contributed by atoms with Gasteiger partial charge in [0.15, 0.2) is 0 Å². The molecule has 0 fully saturated rings. The van der Waals surface area contributed by atoms with Crippen LogP contribution in [0.2, 0.25) is 0 Å². The average Bonchev–Trinajstić information content (AvgIpc) is 2.82. The van der Waals surface area contributed by atoms with Crippen LogP contribution >= 0.6 is 0 Å². The molecule has 3 rings (SSSR count). The van der Waals surface area contributed by atoms with Gasteiger partial charge in [-0.25, -0.2) is 0 Å². The molecule has 2 nitrogen and oxygen atoms in total. The number of hydrogen-bond donors (Lipinski definition) is 0. The SMILES string of the molecule is CN1CCc2ccccc2C1c1ccco1. The van der Waals surface area contributed by atoms with Gasteiger partial charge >= 0.3 is 0 Å². The molecule has 0 radical (unpaired) electrons. The summed E-state index contributed by atoms with van der Waals surface area (Å²) < 4.78 is 5.56. The second kappa shape index (κ2) is 3.80. The van der Waals surface area contributed by atoms with E-state index in [0.29, 0.717) is 0 Å². The zero-order chi connectivity index (χ0) is 11.0. The van der Waals surface area contributed by atoms with Crippen molar-refractivity contribution in [1.29, 1.82) is 0 Å². The molecule has 82 valence electrons. The van der Waals surface area contributed by atoms with E-state index in [1.165, 1.54) is 11.1 Å². The van der Waals surface area contributed by atoms with Crippen molar-refractivity contribution >= 4 is 0 Å². The van der Waals surface area contributed by atoms with Crippen molar-refractivity contribution in [2.45, 2.75) is 12.5 Å². The summed E-state index contributed by atoms with van der Waals surface area (Å²) in [5, 5.41) is 0. The fourth-order valence-corrected chi connectivity index (χ4v) is 2.51. The summed E-state index contributed by atoms with van der Waals surface area (Å²) in [7, 11) is 2.16. The minimum absolute atomic E-state index is 0.278. The normalized spacial score (nSPS) is 20.7. The Balaban J connectivity index is 2.10. The monoisotopic (exact) mass is 213 g/mol. The van der Waals surface area contributed by atoms with Crippen molar-refractivity contribution in [1.82, 2.24) is 4.90 Å². The van der Waals surface area contributed by atoms with Gasteiger partial charge in [0.05, 0.1) is 12.3 Å². The van der Waals surface area contributed by atoms with Gasteiger partial charge in [0.25, 0.3) is 0 Å². The highest BCUT2D eigenvalue weighted by Crippen LogP contribution is 2.33. The zero-order valence-corrected chi connectivity index (χ0v) is 9.39. The van der Waals surface area contributed by atoms with Crippen LogP contribution in [0.5, 0.6) is 0 Å². The summed E-state index contributed by atoms with van der Waals surface area (Å²) in [5.41, 5.74) is 2.83. The van der Waals surface area contributed by atoms with Gasteiger partial charge in [-0.3, -0.25) is 4.90 Å². The predicted octanol–water partition coefficient (Wildman–Crippen LogP) is 2.86. The van der Waals surface area contributed by atoms with Crippen LogP contribution in [0.1, 0.15) is 22.9 Å². The Morgan fingerprint density at radius 1 is 1.19 bits per heavy atom. The first-order chi connectivity index (χ1) is 7.86. The maximum atomic E-state index is 5.56. The molecule has 0 N–H and O–H groups in total. The molecular formula is C14H15NO. The molecule has 0 aliphatic carbocycles. The lowest BCUT2D eigenvalue weighted by atomic mass is 9.92. The van der Waals surface area contributed by atoms with E-state index in [4.69, 9.17) is 4.42 Å². The van der Waals surface area contributed by atoms with Gasteiger partial charge in [0.1, 0.15) is 5.76 Å². The lowest BCUT2D eigenvalue weighted by molar-refractivity contribution is 0.235. The molecule has 1 aromatic heterocycles. The Hall–Kier alpha value is -1.54. The van der Waals surface area contributed by atoms with E-state index in [-0.39, 0.29) is 6.04 Å². The molecule has 2 aromatic rings. The molecule has 16 heavy (non-hydrogen) atoms. The highest BCUT2D eigenvalue weighted by atomic mass is 16.3. The third-order valence-corrected chi connectivity index (χ3v) is 3.34. The van der Waals surface area contributed by atoms with Gasteiger partial charge in [-0.1, -0.05) is 24.3 Å². The van der Waals surface area contributed by atoms with Crippen LogP contribution in [0.3, 0.4) is 0 Å². The third kappa shape index (κ3) is 1.46. The number of nitrogens with zero attached hydrogens (tertiary/aromatic N) is 1. The van der Waals surface area contributed by atoms with E-state index < -0.39 is 0 Å². The molecule has 1 atom stereocenters. The van der Waals surface area contributed by atoms with Crippen LogP contribution in [0.15, 0.2) is 47.1 Å². The van der Waals surface area contributed by atoms with E-state index in [2.05, 4.69) is 42.3 Å². The van der Waals surface area contributed by atoms with Crippen LogP contribution in [0.4, 0.5) is 0 Å². The maximum Gasteiger partial charge on any atom is 0.125 e. The minimum atomic E-state index is 0.278. The Bertz CT molecular complexity index is 475. The molecule has 0 spiro atoms. The zero-order valence-electron chi connectivity index (χ0n) is 9.39. The van der Waals surface area contributed by atoms with E-state index in [0.717, 1.165) is 18.7 Å². The summed E-state index contributed by atoms with van der Waals surface area (Å²) in [6.07, 6.45) is 2.88.